The molecule has 0 unspecified atom stereocenters. The molecule has 7 heteroatoms. The first-order valence-corrected chi connectivity index (χ1v) is 15.3. The van der Waals surface area contributed by atoms with Gasteiger partial charge in [0.05, 0.1) is 22.5 Å². The van der Waals surface area contributed by atoms with E-state index < -0.39 is 7.14 Å². The summed E-state index contributed by atoms with van der Waals surface area (Å²) in [5.41, 5.74) is 4.13. The zero-order valence-electron chi connectivity index (χ0n) is 21.6. The molecule has 6 aromatic rings. The van der Waals surface area contributed by atoms with Crippen molar-refractivity contribution in [3.8, 4) is 34.7 Å². The molecule has 0 bridgehead atoms. The molecule has 0 aliphatic heterocycles. The molecule has 0 atom stereocenters. The third-order valence-corrected chi connectivity index (χ3v) is 10.5. The van der Waals surface area contributed by atoms with Gasteiger partial charge >= 0.3 is 0 Å². The predicted molar refractivity (Wildman–Crippen MR) is 167 cm³/mol. The van der Waals surface area contributed by atoms with E-state index in [-0.39, 0.29) is 0 Å². The van der Waals surface area contributed by atoms with E-state index in [1.807, 2.05) is 109 Å². The van der Waals surface area contributed by atoms with Crippen molar-refractivity contribution < 1.29 is 4.57 Å². The van der Waals surface area contributed by atoms with Crippen molar-refractivity contribution in [2.75, 3.05) is 0 Å². The Morgan fingerprint density at radius 2 is 0.927 bits per heavy atom. The van der Waals surface area contributed by atoms with Crippen molar-refractivity contribution in [2.24, 2.45) is 0 Å². The average molecular weight is 611 g/mol. The maximum atomic E-state index is 14.8. The molecule has 0 spiro atoms. The van der Waals surface area contributed by atoms with Crippen molar-refractivity contribution in [3.63, 3.8) is 0 Å². The van der Waals surface area contributed by atoms with E-state index in [1.165, 1.54) is 0 Å². The molecule has 0 amide bonds. The number of hydrogen-bond donors (Lipinski definition) is 0. The molecule has 0 radical (unpaired) electrons. The summed E-state index contributed by atoms with van der Waals surface area (Å²) in [5, 5.41) is 21.7. The van der Waals surface area contributed by atoms with Gasteiger partial charge in [-0.05, 0) is 24.3 Å². The predicted octanol–water partition coefficient (Wildman–Crippen LogP) is 7.11. The Hall–Kier alpha value is -4.87. The monoisotopic (exact) mass is 610 g/mol. The number of nitriles is 2. The van der Waals surface area contributed by atoms with Crippen LogP contribution in [0.3, 0.4) is 0 Å². The lowest BCUT2D eigenvalue weighted by atomic mass is 10.0. The fourth-order valence-corrected chi connectivity index (χ4v) is 7.79. The van der Waals surface area contributed by atoms with E-state index in [4.69, 9.17) is 9.97 Å². The van der Waals surface area contributed by atoms with Crippen LogP contribution in [-0.4, -0.2) is 9.97 Å². The van der Waals surface area contributed by atoms with E-state index in [2.05, 4.69) is 28.1 Å². The van der Waals surface area contributed by atoms with E-state index in [9.17, 15) is 15.1 Å². The van der Waals surface area contributed by atoms with Crippen LogP contribution in [-0.2, 0) is 4.57 Å². The summed E-state index contributed by atoms with van der Waals surface area (Å²) in [6.45, 7) is 0. The van der Waals surface area contributed by atoms with Crippen molar-refractivity contribution in [1.29, 1.82) is 10.5 Å². The largest absolute Gasteiger partial charge is 0.309 e. The molecule has 0 saturated carbocycles. The van der Waals surface area contributed by atoms with E-state index in [0.29, 0.717) is 38.9 Å². The van der Waals surface area contributed by atoms with Crippen LogP contribution in [0.25, 0.3) is 33.5 Å². The molecule has 1 heterocycles. The SMILES string of the molecule is N#Cc1ccc(C#N)c2nc(-c3ccc(P(=O)(c4ccccc4)c4ccccc4)cc3)c(-c3ccc(Br)cc3)nc12. The van der Waals surface area contributed by atoms with E-state index in [1.54, 1.807) is 12.1 Å². The summed E-state index contributed by atoms with van der Waals surface area (Å²) in [5.74, 6) is 0. The summed E-state index contributed by atoms with van der Waals surface area (Å²) < 4.78 is 15.7. The van der Waals surface area contributed by atoms with Crippen LogP contribution >= 0.6 is 23.1 Å². The van der Waals surface area contributed by atoms with Gasteiger partial charge in [-0.2, -0.15) is 10.5 Å². The van der Waals surface area contributed by atoms with Crippen molar-refractivity contribution in [3.05, 3.63) is 137 Å². The van der Waals surface area contributed by atoms with Crippen LogP contribution < -0.4 is 15.9 Å². The molecule has 0 aliphatic rings. The fourth-order valence-electron chi connectivity index (χ4n) is 4.88. The molecule has 1 aromatic heterocycles. The third kappa shape index (κ3) is 4.75. The van der Waals surface area contributed by atoms with Crippen LogP contribution in [0.4, 0.5) is 0 Å². The minimum Gasteiger partial charge on any atom is -0.309 e. The highest BCUT2D eigenvalue weighted by atomic mass is 79.9. The maximum absolute atomic E-state index is 14.8. The topological polar surface area (TPSA) is 90.4 Å². The second kappa shape index (κ2) is 11.0. The Morgan fingerprint density at radius 3 is 1.34 bits per heavy atom. The van der Waals surface area contributed by atoms with Crippen LogP contribution in [0, 0.1) is 22.7 Å². The Morgan fingerprint density at radius 1 is 0.537 bits per heavy atom. The van der Waals surface area contributed by atoms with Crippen LogP contribution in [0.15, 0.2) is 126 Å². The van der Waals surface area contributed by atoms with Gasteiger partial charge in [-0.25, -0.2) is 9.97 Å². The third-order valence-electron chi connectivity index (χ3n) is 6.93. The molecule has 194 valence electrons. The Balaban J connectivity index is 1.57. The first kappa shape index (κ1) is 26.4. The van der Waals surface area contributed by atoms with Crippen LogP contribution in [0.1, 0.15) is 11.1 Å². The second-order valence-corrected chi connectivity index (χ2v) is 13.0. The maximum Gasteiger partial charge on any atom is 0.171 e. The van der Waals surface area contributed by atoms with Gasteiger partial charge in [0.1, 0.15) is 23.2 Å². The molecule has 0 N–H and O–H groups in total. The molecular formula is C34H20BrN4OP. The van der Waals surface area contributed by atoms with E-state index in [0.717, 1.165) is 26.2 Å². The second-order valence-electron chi connectivity index (χ2n) is 9.34. The lowest BCUT2D eigenvalue weighted by molar-refractivity contribution is 0.592. The number of nitrogens with zero attached hydrogens (tertiary/aromatic N) is 4. The highest BCUT2D eigenvalue weighted by molar-refractivity contribution is 9.10. The zero-order chi connectivity index (χ0) is 28.4. The van der Waals surface area contributed by atoms with Crippen molar-refractivity contribution >= 4 is 50.0 Å². The van der Waals surface area contributed by atoms with Gasteiger partial charge < -0.3 is 4.57 Å². The standard InChI is InChI=1S/C34H20BrN4OP/c35-27-17-13-23(14-18-27)31-32(39-34-26(22-37)12-11-25(21-36)33(34)38-31)24-15-19-30(20-16-24)41(40,28-7-3-1-4-8-28)29-9-5-2-6-10-29/h1-20H. The number of rotatable bonds is 5. The highest BCUT2D eigenvalue weighted by Gasteiger charge is 2.29. The molecule has 6 rings (SSSR count). The summed E-state index contributed by atoms with van der Waals surface area (Å²) in [4.78, 5) is 9.81. The number of aromatic nitrogens is 2. The normalized spacial score (nSPS) is 11.1. The van der Waals surface area contributed by atoms with Crippen LogP contribution in [0.2, 0.25) is 0 Å². The number of halogens is 1. The molecule has 0 saturated heterocycles. The van der Waals surface area contributed by atoms with Crippen LogP contribution in [0.5, 0.6) is 0 Å². The molecule has 0 fully saturated rings. The molecule has 5 aromatic carbocycles. The summed E-state index contributed by atoms with van der Waals surface area (Å²) in [6.07, 6.45) is 0. The smallest absolute Gasteiger partial charge is 0.171 e. The lowest BCUT2D eigenvalue weighted by Crippen LogP contribution is -2.24. The summed E-state index contributed by atoms with van der Waals surface area (Å²) in [7, 11) is -3.15. The summed E-state index contributed by atoms with van der Waals surface area (Å²) in [6, 6.07) is 41.8. The van der Waals surface area contributed by atoms with Gasteiger partial charge in [0.25, 0.3) is 0 Å². The molecular weight excluding hydrogens is 591 g/mol. The molecule has 41 heavy (non-hydrogen) atoms. The van der Waals surface area contributed by atoms with Gasteiger partial charge in [-0.1, -0.05) is 113 Å². The highest BCUT2D eigenvalue weighted by Crippen LogP contribution is 2.43. The quantitative estimate of drug-likeness (QED) is 0.194. The Labute approximate surface area is 245 Å². The Bertz CT molecular complexity index is 1990. The van der Waals surface area contributed by atoms with Gasteiger partial charge in [0.2, 0.25) is 0 Å². The van der Waals surface area contributed by atoms with Gasteiger partial charge in [-0.15, -0.1) is 0 Å². The lowest BCUT2D eigenvalue weighted by Gasteiger charge is -2.20. The van der Waals surface area contributed by atoms with Gasteiger partial charge in [0, 0.05) is 31.5 Å². The van der Waals surface area contributed by atoms with Crippen molar-refractivity contribution in [1.82, 2.24) is 9.97 Å². The summed E-state index contributed by atoms with van der Waals surface area (Å²) >= 11 is 3.49. The molecule has 5 nitrogen and oxygen atoms in total. The number of benzene rings is 5. The number of hydrogen-bond acceptors (Lipinski definition) is 5. The molecule has 0 aliphatic carbocycles. The number of fused-ring (bicyclic) bond motifs is 1. The minimum atomic E-state index is -3.15. The van der Waals surface area contributed by atoms with Gasteiger partial charge in [-0.3, -0.25) is 0 Å². The average Bonchev–Trinajstić information content (AvgIpc) is 3.04. The first-order chi connectivity index (χ1) is 20.0. The Kier molecular flexibility index (Phi) is 7.04. The minimum absolute atomic E-state index is 0.337. The first-order valence-electron chi connectivity index (χ1n) is 12.8. The van der Waals surface area contributed by atoms with Gasteiger partial charge in [0.15, 0.2) is 7.14 Å². The van der Waals surface area contributed by atoms with E-state index >= 15 is 0 Å². The van der Waals surface area contributed by atoms with Crippen molar-refractivity contribution in [2.45, 2.75) is 0 Å². The fraction of sp³-hybridized carbons (Fsp3) is 0. The zero-order valence-corrected chi connectivity index (χ0v) is 24.0.